The molecule has 0 aliphatic heterocycles. The Kier molecular flexibility index (Phi) is 9.29. The minimum absolute atomic E-state index is 0.0768. The number of hydrogen-bond donors (Lipinski definition) is 3. The molecule has 0 aliphatic carbocycles. The lowest BCUT2D eigenvalue weighted by atomic mass is 10.1. The second kappa shape index (κ2) is 13.7. The van der Waals surface area contributed by atoms with E-state index in [4.69, 9.17) is 19.4 Å². The van der Waals surface area contributed by atoms with Gasteiger partial charge in [0.25, 0.3) is 5.91 Å². The maximum atomic E-state index is 15.2. The predicted octanol–water partition coefficient (Wildman–Crippen LogP) is 4.95. The Balaban J connectivity index is 1.33. The molecule has 2 amide bonds. The van der Waals surface area contributed by atoms with Gasteiger partial charge in [-0.3, -0.25) is 24.6 Å². The van der Waals surface area contributed by atoms with Gasteiger partial charge in [0.15, 0.2) is 28.8 Å². The number of rotatable bonds is 11. The van der Waals surface area contributed by atoms with Gasteiger partial charge in [0, 0.05) is 47.6 Å². The van der Waals surface area contributed by atoms with Crippen LogP contribution < -0.4 is 30.4 Å². The zero-order chi connectivity index (χ0) is 31.9. The molecule has 3 N–H and O–H groups in total. The average molecular weight is 614 g/mol. The Morgan fingerprint density at radius 2 is 1.80 bits per heavy atom. The molecule has 0 bridgehead atoms. The summed E-state index contributed by atoms with van der Waals surface area (Å²) < 4.78 is 33.7. The van der Waals surface area contributed by atoms with Crippen LogP contribution in [0, 0.1) is 12.7 Å². The fraction of sp³-hybridized carbons (Fsp3) is 0.156. The molecule has 0 saturated heterocycles. The first-order valence-corrected chi connectivity index (χ1v) is 13.7. The van der Waals surface area contributed by atoms with Crippen molar-refractivity contribution in [2.24, 2.45) is 0 Å². The van der Waals surface area contributed by atoms with Crippen LogP contribution in [0.2, 0.25) is 0 Å². The number of ether oxygens (including phenoxy) is 3. The van der Waals surface area contributed by atoms with E-state index in [9.17, 15) is 14.4 Å². The number of nitrogens with one attached hydrogen (secondary N) is 2. The van der Waals surface area contributed by atoms with Gasteiger partial charge in [-0.15, -0.1) is 0 Å². The van der Waals surface area contributed by atoms with E-state index in [0.717, 1.165) is 6.07 Å². The number of pyridine rings is 1. The lowest BCUT2D eigenvalue weighted by Gasteiger charge is -2.14. The Bertz CT molecular complexity index is 1930. The lowest BCUT2D eigenvalue weighted by molar-refractivity contribution is -0.129. The number of carbonyl (C=O) groups is 2. The van der Waals surface area contributed by atoms with Gasteiger partial charge in [0.1, 0.15) is 5.75 Å². The highest BCUT2D eigenvalue weighted by atomic mass is 19.1. The maximum absolute atomic E-state index is 15.2. The van der Waals surface area contributed by atoms with Crippen LogP contribution in [0.1, 0.15) is 28.9 Å². The zero-order valence-corrected chi connectivity index (χ0v) is 24.2. The van der Waals surface area contributed by atoms with Gasteiger partial charge in [-0.05, 0) is 49.7 Å². The number of methoxy groups -OCH3 is 1. The molecule has 2 heterocycles. The third kappa shape index (κ3) is 7.05. The molecule has 5 rings (SSSR count). The molecule has 230 valence electrons. The molecule has 2 aromatic heterocycles. The summed E-state index contributed by atoms with van der Waals surface area (Å²) in [6.07, 6.45) is 3.46. The number of amides is 2. The summed E-state index contributed by atoms with van der Waals surface area (Å²) in [5.41, 5.74) is 2.25. The zero-order valence-electron chi connectivity index (χ0n) is 24.2. The van der Waals surface area contributed by atoms with Crippen LogP contribution in [-0.2, 0) is 4.79 Å². The molecule has 0 saturated carbocycles. The highest BCUT2D eigenvalue weighted by Crippen LogP contribution is 2.38. The Morgan fingerprint density at radius 3 is 2.53 bits per heavy atom. The summed E-state index contributed by atoms with van der Waals surface area (Å²) in [5.74, 6) is -1.18. The van der Waals surface area contributed by atoms with E-state index in [1.165, 1.54) is 36.3 Å². The van der Waals surface area contributed by atoms with Crippen molar-refractivity contribution in [3.05, 3.63) is 106 Å². The Labute approximate surface area is 256 Å². The average Bonchev–Trinajstić information content (AvgIpc) is 3.05. The van der Waals surface area contributed by atoms with Gasteiger partial charge >= 0.3 is 0 Å². The van der Waals surface area contributed by atoms with Crippen molar-refractivity contribution >= 4 is 28.4 Å². The third-order valence-corrected chi connectivity index (χ3v) is 6.66. The number of anilines is 1. The van der Waals surface area contributed by atoms with Gasteiger partial charge in [-0.25, -0.2) is 14.6 Å². The number of carbonyl (C=O) groups excluding carboxylic acids is 2. The number of hydroxylamine groups is 1. The van der Waals surface area contributed by atoms with E-state index in [1.807, 2.05) is 6.07 Å². The first-order valence-electron chi connectivity index (χ1n) is 13.7. The minimum atomic E-state index is -0.789. The second-order valence-electron chi connectivity index (χ2n) is 9.79. The topological polar surface area (TPSA) is 154 Å². The van der Waals surface area contributed by atoms with Crippen LogP contribution in [-0.4, -0.2) is 45.5 Å². The van der Waals surface area contributed by atoms with Gasteiger partial charge in [0.2, 0.25) is 11.3 Å². The number of aryl methyl sites for hydroxylation is 1. The number of aromatic nitrogens is 3. The van der Waals surface area contributed by atoms with Crippen LogP contribution in [0.5, 0.6) is 23.0 Å². The van der Waals surface area contributed by atoms with Crippen LogP contribution >= 0.6 is 0 Å². The Morgan fingerprint density at radius 1 is 1.00 bits per heavy atom. The fourth-order valence-corrected chi connectivity index (χ4v) is 4.40. The fourth-order valence-electron chi connectivity index (χ4n) is 4.40. The normalized spacial score (nSPS) is 10.8. The smallest absolute Gasteiger partial charge is 0.280 e. The molecular weight excluding hydrogens is 585 g/mol. The number of fused-ring (bicyclic) bond motifs is 1. The molecule has 0 atom stereocenters. The van der Waals surface area contributed by atoms with E-state index in [-0.39, 0.29) is 35.9 Å². The summed E-state index contributed by atoms with van der Waals surface area (Å²) >= 11 is 0. The lowest BCUT2D eigenvalue weighted by Crippen LogP contribution is -2.27. The highest BCUT2D eigenvalue weighted by molar-refractivity contribution is 6.02. The Hall–Kier alpha value is -5.82. The van der Waals surface area contributed by atoms with E-state index in [1.54, 1.807) is 54.9 Å². The number of hydrogen-bond acceptors (Lipinski definition) is 9. The molecule has 13 heteroatoms. The largest absolute Gasteiger partial charge is 0.493 e. The molecule has 45 heavy (non-hydrogen) atoms. The molecule has 3 aromatic carbocycles. The van der Waals surface area contributed by atoms with E-state index >= 15 is 4.39 Å². The van der Waals surface area contributed by atoms with E-state index in [0.29, 0.717) is 40.1 Å². The summed E-state index contributed by atoms with van der Waals surface area (Å²) in [7, 11) is 1.46. The van der Waals surface area contributed by atoms with Gasteiger partial charge in [-0.2, -0.15) is 5.10 Å². The SMILES string of the molecule is COc1cc2c(Oc3ccc(NC(=O)c4nn(-c5ccccc5)cc(C)c4=O)cc3F)ccnc2cc1OCCCC(=O)NO. The first-order chi connectivity index (χ1) is 21.8. The van der Waals surface area contributed by atoms with Crippen LogP contribution in [0.3, 0.4) is 0 Å². The molecule has 0 fully saturated rings. The number of nitrogens with zero attached hydrogens (tertiary/aromatic N) is 3. The molecule has 0 unspecified atom stereocenters. The standard InChI is InChI=1S/C32H28FN5O7/c1-19-18-38(21-7-4-3-5-8-21)36-30(31(19)40)32(41)35-20-10-11-26(23(33)15-20)45-25-12-13-34-24-17-28(27(43-2)16-22(24)25)44-14-6-9-29(39)37-42/h3-5,7-8,10-13,15-18,42H,6,9,14H2,1-2H3,(H,35,41)(H,37,39). The molecule has 5 aromatic rings. The van der Waals surface area contributed by atoms with Crippen molar-refractivity contribution in [3.8, 4) is 28.7 Å². The van der Waals surface area contributed by atoms with E-state index < -0.39 is 23.1 Å². The summed E-state index contributed by atoms with van der Waals surface area (Å²) in [6, 6.07) is 17.7. The summed E-state index contributed by atoms with van der Waals surface area (Å²) in [5, 5.41) is 15.9. The maximum Gasteiger partial charge on any atom is 0.280 e. The van der Waals surface area contributed by atoms with E-state index in [2.05, 4.69) is 15.4 Å². The van der Waals surface area contributed by atoms with Gasteiger partial charge < -0.3 is 19.5 Å². The van der Waals surface area contributed by atoms with Gasteiger partial charge in [0.05, 0.1) is 24.9 Å². The van der Waals surface area contributed by atoms with Crippen molar-refractivity contribution < 1.29 is 33.4 Å². The monoisotopic (exact) mass is 613 g/mol. The van der Waals surface area contributed by atoms with Crippen molar-refractivity contribution in [2.45, 2.75) is 19.8 Å². The molecule has 0 spiro atoms. The first kappa shape index (κ1) is 30.6. The number of para-hydroxylation sites is 1. The number of benzene rings is 3. The van der Waals surface area contributed by atoms with Crippen molar-refractivity contribution in [1.82, 2.24) is 20.2 Å². The second-order valence-corrected chi connectivity index (χ2v) is 9.79. The van der Waals surface area contributed by atoms with Crippen LogP contribution in [0.4, 0.5) is 10.1 Å². The molecule has 0 aliphatic rings. The van der Waals surface area contributed by atoms with Crippen LogP contribution in [0.15, 0.2) is 83.9 Å². The molecular formula is C32H28FN5O7. The van der Waals surface area contributed by atoms with Crippen molar-refractivity contribution in [2.75, 3.05) is 19.0 Å². The highest BCUT2D eigenvalue weighted by Gasteiger charge is 2.18. The van der Waals surface area contributed by atoms with Crippen molar-refractivity contribution in [3.63, 3.8) is 0 Å². The van der Waals surface area contributed by atoms with Crippen LogP contribution in [0.25, 0.3) is 16.6 Å². The minimum Gasteiger partial charge on any atom is -0.493 e. The number of halogens is 1. The third-order valence-electron chi connectivity index (χ3n) is 6.66. The summed E-state index contributed by atoms with van der Waals surface area (Å²) in [4.78, 5) is 41.3. The predicted molar refractivity (Wildman–Crippen MR) is 162 cm³/mol. The summed E-state index contributed by atoms with van der Waals surface area (Å²) in [6.45, 7) is 1.77. The van der Waals surface area contributed by atoms with Crippen molar-refractivity contribution in [1.29, 1.82) is 0 Å². The molecule has 12 nitrogen and oxygen atoms in total. The van der Waals surface area contributed by atoms with Gasteiger partial charge in [-0.1, -0.05) is 18.2 Å². The molecule has 0 radical (unpaired) electrons. The quantitative estimate of drug-likeness (QED) is 0.107.